The minimum absolute atomic E-state index is 0.231. The van der Waals surface area contributed by atoms with Crippen LogP contribution in [0.1, 0.15) is 34.3 Å². The number of aromatic nitrogens is 2. The van der Waals surface area contributed by atoms with Gasteiger partial charge >= 0.3 is 0 Å². The van der Waals surface area contributed by atoms with Gasteiger partial charge in [0.1, 0.15) is 6.29 Å². The van der Waals surface area contributed by atoms with Gasteiger partial charge in [0, 0.05) is 41.2 Å². The van der Waals surface area contributed by atoms with Gasteiger partial charge in [0.15, 0.2) is 0 Å². The van der Waals surface area contributed by atoms with Gasteiger partial charge in [0.2, 0.25) is 5.95 Å². The van der Waals surface area contributed by atoms with Crippen LogP contribution >= 0.6 is 0 Å². The fourth-order valence-electron chi connectivity index (χ4n) is 4.02. The van der Waals surface area contributed by atoms with Crippen LogP contribution in [0.15, 0.2) is 54.9 Å². The molecular formula is C22H19N3O. The zero-order chi connectivity index (χ0) is 17.7. The highest BCUT2D eigenvalue weighted by molar-refractivity contribution is 5.81. The van der Waals surface area contributed by atoms with Crippen LogP contribution in [-0.4, -0.2) is 22.8 Å². The molecule has 4 nitrogen and oxygen atoms in total. The van der Waals surface area contributed by atoms with Crippen molar-refractivity contribution in [1.82, 2.24) is 9.97 Å². The Balaban J connectivity index is 1.54. The molecule has 1 aliphatic carbocycles. The van der Waals surface area contributed by atoms with Crippen LogP contribution in [0.4, 0.5) is 11.6 Å². The number of nitrogens with zero attached hydrogens (tertiary/aromatic N) is 3. The molecule has 0 bridgehead atoms. The van der Waals surface area contributed by atoms with Crippen molar-refractivity contribution in [3.8, 4) is 11.1 Å². The summed E-state index contributed by atoms with van der Waals surface area (Å²) in [6.07, 6.45) is 7.08. The summed E-state index contributed by atoms with van der Waals surface area (Å²) >= 11 is 0. The van der Waals surface area contributed by atoms with Gasteiger partial charge in [-0.15, -0.1) is 0 Å². The number of carbonyl (C=O) groups excluding carboxylic acids is 1. The molecule has 0 atom stereocenters. The molecule has 0 unspecified atom stereocenters. The third-order valence-electron chi connectivity index (χ3n) is 5.67. The normalized spacial score (nSPS) is 16.6. The van der Waals surface area contributed by atoms with E-state index in [1.807, 2.05) is 36.7 Å². The Morgan fingerprint density at radius 2 is 1.85 bits per heavy atom. The molecule has 4 heteroatoms. The lowest BCUT2D eigenvalue weighted by Gasteiger charge is -2.18. The van der Waals surface area contributed by atoms with E-state index in [-0.39, 0.29) is 5.41 Å². The van der Waals surface area contributed by atoms with Crippen LogP contribution in [-0.2, 0) is 5.41 Å². The van der Waals surface area contributed by atoms with Crippen molar-refractivity contribution >= 4 is 17.9 Å². The van der Waals surface area contributed by atoms with Crippen molar-refractivity contribution in [2.75, 3.05) is 11.4 Å². The van der Waals surface area contributed by atoms with E-state index in [4.69, 9.17) is 0 Å². The summed E-state index contributed by atoms with van der Waals surface area (Å²) in [6.45, 7) is 2.99. The van der Waals surface area contributed by atoms with Crippen molar-refractivity contribution in [2.24, 2.45) is 0 Å². The summed E-state index contributed by atoms with van der Waals surface area (Å²) in [6, 6.07) is 14.2. The molecule has 1 saturated carbocycles. The second kappa shape index (κ2) is 5.49. The largest absolute Gasteiger partial charge is 0.309 e. The molecule has 2 aromatic carbocycles. The molecule has 2 aliphatic rings. The number of carbonyl (C=O) groups is 1. The van der Waals surface area contributed by atoms with E-state index in [0.717, 1.165) is 29.6 Å². The zero-order valence-corrected chi connectivity index (χ0v) is 14.6. The average Bonchev–Trinajstić information content (AvgIpc) is 3.39. The van der Waals surface area contributed by atoms with Crippen molar-refractivity contribution in [1.29, 1.82) is 0 Å². The number of fused-ring (bicyclic) bond motifs is 2. The van der Waals surface area contributed by atoms with Crippen LogP contribution in [0.3, 0.4) is 0 Å². The van der Waals surface area contributed by atoms with Crippen LogP contribution in [0.2, 0.25) is 0 Å². The molecular weight excluding hydrogens is 322 g/mol. The van der Waals surface area contributed by atoms with Gasteiger partial charge in [-0.05, 0) is 42.5 Å². The maximum absolute atomic E-state index is 11.2. The summed E-state index contributed by atoms with van der Waals surface area (Å²) in [5, 5.41) is 0. The van der Waals surface area contributed by atoms with Crippen molar-refractivity contribution in [3.05, 3.63) is 71.5 Å². The Kier molecular flexibility index (Phi) is 3.23. The quantitative estimate of drug-likeness (QED) is 0.660. The number of benzene rings is 2. The Morgan fingerprint density at radius 1 is 1.08 bits per heavy atom. The van der Waals surface area contributed by atoms with E-state index in [1.165, 1.54) is 24.0 Å². The van der Waals surface area contributed by atoms with Gasteiger partial charge in [-0.25, -0.2) is 9.97 Å². The van der Waals surface area contributed by atoms with Crippen LogP contribution in [0.5, 0.6) is 0 Å². The lowest BCUT2D eigenvalue weighted by Crippen LogP contribution is -2.21. The second-order valence-corrected chi connectivity index (χ2v) is 7.35. The first kappa shape index (κ1) is 15.3. The fourth-order valence-corrected chi connectivity index (χ4v) is 4.02. The first-order valence-electron chi connectivity index (χ1n) is 8.95. The summed E-state index contributed by atoms with van der Waals surface area (Å²) in [4.78, 5) is 22.7. The molecule has 1 aromatic heterocycles. The summed E-state index contributed by atoms with van der Waals surface area (Å²) in [7, 11) is 0. The number of anilines is 2. The molecule has 1 aliphatic heterocycles. The molecule has 5 rings (SSSR count). The molecule has 2 heterocycles. The number of aldehydes is 1. The third kappa shape index (κ3) is 2.25. The van der Waals surface area contributed by atoms with Crippen molar-refractivity contribution < 1.29 is 4.79 Å². The lowest BCUT2D eigenvalue weighted by atomic mass is 9.98. The first-order valence-corrected chi connectivity index (χ1v) is 8.95. The van der Waals surface area contributed by atoms with E-state index >= 15 is 0 Å². The van der Waals surface area contributed by atoms with Gasteiger partial charge in [0.25, 0.3) is 0 Å². The second-order valence-electron chi connectivity index (χ2n) is 7.35. The van der Waals surface area contributed by atoms with Gasteiger partial charge in [-0.1, -0.05) is 36.4 Å². The Hall–Kier alpha value is -3.01. The SMILES string of the molecule is Cc1ccccc1-c1cnc(N2CC3(CC3)c3ccc(C=O)cc32)nc1. The van der Waals surface area contributed by atoms with Gasteiger partial charge in [0.05, 0.1) is 0 Å². The van der Waals surface area contributed by atoms with Gasteiger partial charge in [-0.2, -0.15) is 0 Å². The van der Waals surface area contributed by atoms with E-state index in [1.54, 1.807) is 0 Å². The molecule has 0 amide bonds. The fraction of sp³-hybridized carbons (Fsp3) is 0.227. The highest BCUT2D eigenvalue weighted by Gasteiger charge is 2.52. The highest BCUT2D eigenvalue weighted by Crippen LogP contribution is 2.57. The molecule has 0 radical (unpaired) electrons. The number of hydrogen-bond acceptors (Lipinski definition) is 4. The lowest BCUT2D eigenvalue weighted by molar-refractivity contribution is 0.112. The minimum Gasteiger partial charge on any atom is -0.309 e. The monoisotopic (exact) mass is 341 g/mol. The zero-order valence-electron chi connectivity index (χ0n) is 14.6. The third-order valence-corrected chi connectivity index (χ3v) is 5.67. The first-order chi connectivity index (χ1) is 12.7. The summed E-state index contributed by atoms with van der Waals surface area (Å²) < 4.78 is 0. The summed E-state index contributed by atoms with van der Waals surface area (Å²) in [5.41, 5.74) is 6.72. The maximum Gasteiger partial charge on any atom is 0.229 e. The average molecular weight is 341 g/mol. The topological polar surface area (TPSA) is 46.1 Å². The highest BCUT2D eigenvalue weighted by atomic mass is 16.1. The van der Waals surface area contributed by atoms with E-state index < -0.39 is 0 Å². The van der Waals surface area contributed by atoms with E-state index in [0.29, 0.717) is 11.5 Å². The Morgan fingerprint density at radius 3 is 2.54 bits per heavy atom. The molecule has 128 valence electrons. The van der Waals surface area contributed by atoms with Gasteiger partial charge < -0.3 is 4.90 Å². The van der Waals surface area contributed by atoms with Crippen LogP contribution in [0, 0.1) is 6.92 Å². The molecule has 0 saturated heterocycles. The maximum atomic E-state index is 11.2. The van der Waals surface area contributed by atoms with Crippen LogP contribution in [0.25, 0.3) is 11.1 Å². The van der Waals surface area contributed by atoms with Crippen LogP contribution < -0.4 is 4.90 Å². The molecule has 1 fully saturated rings. The van der Waals surface area contributed by atoms with Crippen molar-refractivity contribution in [2.45, 2.75) is 25.2 Å². The molecule has 1 spiro atoms. The van der Waals surface area contributed by atoms with E-state index in [9.17, 15) is 4.79 Å². The van der Waals surface area contributed by atoms with Crippen molar-refractivity contribution in [3.63, 3.8) is 0 Å². The van der Waals surface area contributed by atoms with Gasteiger partial charge in [-0.3, -0.25) is 4.79 Å². The molecule has 26 heavy (non-hydrogen) atoms. The minimum atomic E-state index is 0.231. The molecule has 0 N–H and O–H groups in total. The predicted molar refractivity (Wildman–Crippen MR) is 102 cm³/mol. The number of hydrogen-bond donors (Lipinski definition) is 0. The standard InChI is InChI=1S/C22H19N3O/c1-15-4-2-3-5-18(15)17-11-23-21(24-12-17)25-14-22(8-9-22)19-7-6-16(13-26)10-20(19)25/h2-7,10-13H,8-9,14H2,1H3. The number of rotatable bonds is 3. The Bertz CT molecular complexity index is 1010. The predicted octanol–water partition coefficient (Wildman–Crippen LogP) is 4.45. The molecule has 3 aromatic rings. The Labute approximate surface area is 152 Å². The number of aryl methyl sites for hydroxylation is 1. The summed E-state index contributed by atoms with van der Waals surface area (Å²) in [5.74, 6) is 0.704. The smallest absolute Gasteiger partial charge is 0.229 e. The van der Waals surface area contributed by atoms with E-state index in [2.05, 4.69) is 40.0 Å².